The number of nitrogens with zero attached hydrogens (tertiary/aromatic N) is 1. The van der Waals surface area contributed by atoms with Crippen LogP contribution >= 0.6 is 22.6 Å². The molecular formula is C14H13IN2O2. The highest BCUT2D eigenvalue weighted by Crippen LogP contribution is 2.22. The molecule has 0 spiro atoms. The van der Waals surface area contributed by atoms with Gasteiger partial charge in [0, 0.05) is 27.4 Å². The third kappa shape index (κ3) is 3.66. The van der Waals surface area contributed by atoms with Crippen molar-refractivity contribution in [3.63, 3.8) is 0 Å². The second-order valence-corrected chi connectivity index (χ2v) is 5.47. The van der Waals surface area contributed by atoms with Gasteiger partial charge in [-0.3, -0.25) is 10.1 Å². The number of benzene rings is 2. The Morgan fingerprint density at radius 3 is 2.47 bits per heavy atom. The van der Waals surface area contributed by atoms with Gasteiger partial charge in [0.25, 0.3) is 5.69 Å². The number of nitro groups is 1. The van der Waals surface area contributed by atoms with Gasteiger partial charge in [-0.1, -0.05) is 18.2 Å². The SMILES string of the molecule is CC(Nc1cccc(I)c1)c1ccc([N+](=O)[O-])cc1. The molecule has 0 amide bonds. The average Bonchev–Trinajstić information content (AvgIpc) is 2.39. The molecule has 2 rings (SSSR count). The van der Waals surface area contributed by atoms with Crippen LogP contribution in [0.15, 0.2) is 48.5 Å². The van der Waals surface area contributed by atoms with Crippen molar-refractivity contribution < 1.29 is 4.92 Å². The van der Waals surface area contributed by atoms with E-state index in [1.54, 1.807) is 12.1 Å². The topological polar surface area (TPSA) is 55.2 Å². The maximum atomic E-state index is 10.6. The van der Waals surface area contributed by atoms with Crippen LogP contribution in [-0.2, 0) is 0 Å². The Hall–Kier alpha value is -1.63. The van der Waals surface area contributed by atoms with Crippen molar-refractivity contribution in [2.45, 2.75) is 13.0 Å². The van der Waals surface area contributed by atoms with Gasteiger partial charge in [-0.05, 0) is 53.3 Å². The minimum Gasteiger partial charge on any atom is -0.378 e. The number of anilines is 1. The van der Waals surface area contributed by atoms with Gasteiger partial charge in [0.2, 0.25) is 0 Å². The average molecular weight is 368 g/mol. The predicted octanol–water partition coefficient (Wildman–Crippen LogP) is 4.37. The molecule has 2 aromatic rings. The van der Waals surface area contributed by atoms with Crippen LogP contribution in [0.1, 0.15) is 18.5 Å². The van der Waals surface area contributed by atoms with E-state index in [0.717, 1.165) is 11.3 Å². The molecule has 0 saturated heterocycles. The summed E-state index contributed by atoms with van der Waals surface area (Å²) < 4.78 is 1.17. The van der Waals surface area contributed by atoms with Crippen LogP contribution in [0, 0.1) is 13.7 Å². The van der Waals surface area contributed by atoms with E-state index in [1.807, 2.05) is 25.1 Å². The number of rotatable bonds is 4. The van der Waals surface area contributed by atoms with Gasteiger partial charge in [-0.2, -0.15) is 0 Å². The lowest BCUT2D eigenvalue weighted by Gasteiger charge is -2.15. The Kier molecular flexibility index (Phi) is 4.36. The van der Waals surface area contributed by atoms with Gasteiger partial charge in [0.15, 0.2) is 0 Å². The van der Waals surface area contributed by atoms with Crippen molar-refractivity contribution in [2.24, 2.45) is 0 Å². The quantitative estimate of drug-likeness (QED) is 0.495. The zero-order valence-corrected chi connectivity index (χ0v) is 12.5. The number of hydrogen-bond acceptors (Lipinski definition) is 3. The molecule has 0 fully saturated rings. The van der Waals surface area contributed by atoms with Crippen LogP contribution in [0.25, 0.3) is 0 Å². The number of halogens is 1. The fourth-order valence-corrected chi connectivity index (χ4v) is 2.34. The number of nitro benzene ring substituents is 1. The molecule has 1 unspecified atom stereocenters. The minimum absolute atomic E-state index is 0.0963. The van der Waals surface area contributed by atoms with Crippen LogP contribution in [0.2, 0.25) is 0 Å². The molecule has 0 aliphatic heterocycles. The maximum absolute atomic E-state index is 10.6. The summed E-state index contributed by atoms with van der Waals surface area (Å²) >= 11 is 2.26. The molecule has 2 aromatic carbocycles. The molecule has 0 aliphatic rings. The van der Waals surface area contributed by atoms with Gasteiger partial charge in [-0.15, -0.1) is 0 Å². The van der Waals surface area contributed by atoms with Crippen LogP contribution in [0.4, 0.5) is 11.4 Å². The van der Waals surface area contributed by atoms with Gasteiger partial charge in [-0.25, -0.2) is 0 Å². The Morgan fingerprint density at radius 2 is 1.89 bits per heavy atom. The van der Waals surface area contributed by atoms with E-state index in [9.17, 15) is 10.1 Å². The van der Waals surface area contributed by atoms with Crippen LogP contribution in [0.3, 0.4) is 0 Å². The molecule has 1 atom stereocenters. The first-order chi connectivity index (χ1) is 9.06. The van der Waals surface area contributed by atoms with Crippen molar-refractivity contribution in [3.8, 4) is 0 Å². The van der Waals surface area contributed by atoms with Gasteiger partial charge < -0.3 is 5.32 Å². The Morgan fingerprint density at radius 1 is 1.21 bits per heavy atom. The van der Waals surface area contributed by atoms with Gasteiger partial charge in [0.1, 0.15) is 0 Å². The highest BCUT2D eigenvalue weighted by Gasteiger charge is 2.09. The Balaban J connectivity index is 2.11. The molecule has 0 saturated carbocycles. The molecule has 0 heterocycles. The molecule has 5 heteroatoms. The summed E-state index contributed by atoms with van der Waals surface area (Å²) in [6, 6.07) is 14.8. The zero-order valence-electron chi connectivity index (χ0n) is 10.3. The first kappa shape index (κ1) is 13.8. The first-order valence-electron chi connectivity index (χ1n) is 5.83. The summed E-state index contributed by atoms with van der Waals surface area (Å²) in [6.07, 6.45) is 0. The normalized spacial score (nSPS) is 11.9. The third-order valence-electron chi connectivity index (χ3n) is 2.81. The van der Waals surface area contributed by atoms with Crippen molar-refractivity contribution in [3.05, 3.63) is 67.8 Å². The lowest BCUT2D eigenvalue weighted by Crippen LogP contribution is -2.06. The van der Waals surface area contributed by atoms with Crippen molar-refractivity contribution in [1.82, 2.24) is 0 Å². The highest BCUT2D eigenvalue weighted by atomic mass is 127. The van der Waals surface area contributed by atoms with E-state index in [2.05, 4.69) is 34.0 Å². The van der Waals surface area contributed by atoms with Crippen LogP contribution in [-0.4, -0.2) is 4.92 Å². The second kappa shape index (κ2) is 6.01. The van der Waals surface area contributed by atoms with E-state index in [0.29, 0.717) is 0 Å². The summed E-state index contributed by atoms with van der Waals surface area (Å²) in [7, 11) is 0. The first-order valence-corrected chi connectivity index (χ1v) is 6.90. The van der Waals surface area contributed by atoms with E-state index in [1.165, 1.54) is 15.7 Å². The largest absolute Gasteiger partial charge is 0.378 e. The smallest absolute Gasteiger partial charge is 0.269 e. The van der Waals surface area contributed by atoms with E-state index in [4.69, 9.17) is 0 Å². The standard InChI is InChI=1S/C14H13IN2O2/c1-10(16-13-4-2-3-12(15)9-13)11-5-7-14(8-6-11)17(18)19/h2-10,16H,1H3. The third-order valence-corrected chi connectivity index (χ3v) is 3.48. The number of hydrogen-bond donors (Lipinski definition) is 1. The molecule has 0 aromatic heterocycles. The summed E-state index contributed by atoms with van der Waals surface area (Å²) in [4.78, 5) is 10.2. The Bertz CT molecular complexity index is 584. The maximum Gasteiger partial charge on any atom is 0.269 e. The van der Waals surface area contributed by atoms with Gasteiger partial charge >= 0.3 is 0 Å². The fraction of sp³-hybridized carbons (Fsp3) is 0.143. The molecular weight excluding hydrogens is 355 g/mol. The fourth-order valence-electron chi connectivity index (χ4n) is 1.80. The highest BCUT2D eigenvalue weighted by molar-refractivity contribution is 14.1. The van der Waals surface area contributed by atoms with Crippen molar-refractivity contribution >= 4 is 34.0 Å². The molecule has 0 aliphatic carbocycles. The number of non-ortho nitro benzene ring substituents is 1. The predicted molar refractivity (Wildman–Crippen MR) is 84.3 cm³/mol. The summed E-state index contributed by atoms with van der Waals surface area (Å²) in [5.74, 6) is 0. The summed E-state index contributed by atoms with van der Waals surface area (Å²) in [6.45, 7) is 2.03. The summed E-state index contributed by atoms with van der Waals surface area (Å²) in [5.41, 5.74) is 2.17. The van der Waals surface area contributed by atoms with Gasteiger partial charge in [0.05, 0.1) is 4.92 Å². The molecule has 98 valence electrons. The van der Waals surface area contributed by atoms with Crippen LogP contribution < -0.4 is 5.32 Å². The van der Waals surface area contributed by atoms with E-state index < -0.39 is 0 Å². The van der Waals surface area contributed by atoms with Crippen molar-refractivity contribution in [2.75, 3.05) is 5.32 Å². The van der Waals surface area contributed by atoms with E-state index in [-0.39, 0.29) is 16.7 Å². The lowest BCUT2D eigenvalue weighted by atomic mass is 10.1. The molecule has 0 radical (unpaired) electrons. The summed E-state index contributed by atoms with van der Waals surface area (Å²) in [5, 5.41) is 14.0. The van der Waals surface area contributed by atoms with E-state index >= 15 is 0 Å². The molecule has 0 bridgehead atoms. The van der Waals surface area contributed by atoms with Crippen LogP contribution in [0.5, 0.6) is 0 Å². The lowest BCUT2D eigenvalue weighted by molar-refractivity contribution is -0.384. The monoisotopic (exact) mass is 368 g/mol. The van der Waals surface area contributed by atoms with Crippen molar-refractivity contribution in [1.29, 1.82) is 0 Å². The molecule has 4 nitrogen and oxygen atoms in total. The molecule has 1 N–H and O–H groups in total. The molecule has 19 heavy (non-hydrogen) atoms. The minimum atomic E-state index is -0.387. The Labute approximate surface area is 125 Å². The number of nitrogens with one attached hydrogen (secondary N) is 1. The second-order valence-electron chi connectivity index (χ2n) is 4.23. The zero-order chi connectivity index (χ0) is 13.8.